The van der Waals surface area contributed by atoms with Crippen LogP contribution in [0, 0.1) is 0 Å². The van der Waals surface area contributed by atoms with Crippen molar-refractivity contribution in [2.24, 2.45) is 0 Å². The van der Waals surface area contributed by atoms with Gasteiger partial charge in [-0.2, -0.15) is 5.10 Å². The summed E-state index contributed by atoms with van der Waals surface area (Å²) in [7, 11) is 0. The Morgan fingerprint density at radius 3 is 2.77 bits per heavy atom. The summed E-state index contributed by atoms with van der Waals surface area (Å²) >= 11 is 12.2. The first-order chi connectivity index (χ1) is 12.5. The number of anilines is 1. The van der Waals surface area contributed by atoms with Crippen LogP contribution in [0.25, 0.3) is 5.69 Å². The van der Waals surface area contributed by atoms with Gasteiger partial charge in [-0.1, -0.05) is 41.4 Å². The maximum absolute atomic E-state index is 12.4. The predicted octanol–water partition coefficient (Wildman–Crippen LogP) is 3.86. The Morgan fingerprint density at radius 2 is 2.04 bits per heavy atom. The number of carbonyl (C=O) groups excluding carboxylic acids is 1. The molecule has 0 aliphatic heterocycles. The summed E-state index contributed by atoms with van der Waals surface area (Å²) in [5.41, 5.74) is 2.17. The van der Waals surface area contributed by atoms with Crippen molar-refractivity contribution in [2.45, 2.75) is 13.0 Å². The summed E-state index contributed by atoms with van der Waals surface area (Å²) in [5, 5.41) is 11.3. The number of amides is 1. The average molecular weight is 390 g/mol. The number of aromatic nitrogens is 3. The number of nitrogens with zero attached hydrogens (tertiary/aromatic N) is 3. The molecule has 0 unspecified atom stereocenters. The van der Waals surface area contributed by atoms with E-state index in [0.29, 0.717) is 21.4 Å². The van der Waals surface area contributed by atoms with E-state index in [1.54, 1.807) is 29.2 Å². The first-order valence-corrected chi connectivity index (χ1v) is 8.72. The van der Waals surface area contributed by atoms with Crippen molar-refractivity contribution >= 4 is 34.8 Å². The third-order valence-electron chi connectivity index (χ3n) is 3.84. The van der Waals surface area contributed by atoms with E-state index in [9.17, 15) is 4.79 Å². The molecule has 2 N–H and O–H groups in total. The number of nitrogens with one attached hydrogen (secondary N) is 2. The molecule has 2 aromatic carbocycles. The largest absolute Gasteiger partial charge is 0.323 e. The lowest BCUT2D eigenvalue weighted by atomic mass is 10.1. The lowest BCUT2D eigenvalue weighted by Crippen LogP contribution is -2.30. The zero-order valence-corrected chi connectivity index (χ0v) is 15.5. The fourth-order valence-corrected chi connectivity index (χ4v) is 2.99. The van der Waals surface area contributed by atoms with Gasteiger partial charge in [0.05, 0.1) is 17.9 Å². The summed E-state index contributed by atoms with van der Waals surface area (Å²) in [6.45, 7) is 2.07. The average Bonchev–Trinajstić information content (AvgIpc) is 3.14. The van der Waals surface area contributed by atoms with Crippen molar-refractivity contribution in [1.29, 1.82) is 0 Å². The van der Waals surface area contributed by atoms with Gasteiger partial charge in [0, 0.05) is 16.1 Å². The molecule has 1 aromatic heterocycles. The quantitative estimate of drug-likeness (QED) is 0.671. The fourth-order valence-electron chi connectivity index (χ4n) is 2.52. The number of halogens is 2. The SMILES string of the molecule is C[C@@H](NCC(=O)Nc1cc(Cl)ccc1-n1cncn1)c1ccccc1Cl. The molecule has 0 fully saturated rings. The van der Waals surface area contributed by atoms with Gasteiger partial charge in [0.2, 0.25) is 5.91 Å². The van der Waals surface area contributed by atoms with E-state index in [4.69, 9.17) is 23.2 Å². The Hall–Kier alpha value is -2.41. The topological polar surface area (TPSA) is 71.8 Å². The van der Waals surface area contributed by atoms with Crippen LogP contribution in [0.3, 0.4) is 0 Å². The van der Waals surface area contributed by atoms with Crippen molar-refractivity contribution in [1.82, 2.24) is 20.1 Å². The van der Waals surface area contributed by atoms with Gasteiger partial charge in [-0.3, -0.25) is 4.79 Å². The van der Waals surface area contributed by atoms with E-state index < -0.39 is 0 Å². The molecule has 1 atom stereocenters. The molecule has 0 radical (unpaired) electrons. The molecule has 26 heavy (non-hydrogen) atoms. The van der Waals surface area contributed by atoms with Gasteiger partial charge in [0.1, 0.15) is 12.7 Å². The Bertz CT molecular complexity index is 898. The second-order valence-corrected chi connectivity index (χ2v) is 6.52. The molecule has 0 spiro atoms. The zero-order valence-electron chi connectivity index (χ0n) is 14.0. The van der Waals surface area contributed by atoms with Crippen LogP contribution in [0.15, 0.2) is 55.1 Å². The summed E-state index contributed by atoms with van der Waals surface area (Å²) in [6, 6.07) is 12.6. The van der Waals surface area contributed by atoms with Crippen LogP contribution in [0.2, 0.25) is 10.0 Å². The van der Waals surface area contributed by atoms with Crippen LogP contribution in [0.5, 0.6) is 0 Å². The van der Waals surface area contributed by atoms with Gasteiger partial charge >= 0.3 is 0 Å². The summed E-state index contributed by atoms with van der Waals surface area (Å²) in [4.78, 5) is 16.3. The second kappa shape index (κ2) is 8.31. The van der Waals surface area contributed by atoms with Crippen molar-refractivity contribution in [2.75, 3.05) is 11.9 Å². The van der Waals surface area contributed by atoms with Gasteiger partial charge < -0.3 is 10.6 Å². The third kappa shape index (κ3) is 4.40. The van der Waals surface area contributed by atoms with E-state index in [1.165, 1.54) is 6.33 Å². The van der Waals surface area contributed by atoms with Gasteiger partial charge in [-0.15, -0.1) is 0 Å². The molecule has 0 bridgehead atoms. The first-order valence-electron chi connectivity index (χ1n) is 7.97. The highest BCUT2D eigenvalue weighted by Gasteiger charge is 2.13. The molecule has 1 amide bonds. The monoisotopic (exact) mass is 389 g/mol. The third-order valence-corrected chi connectivity index (χ3v) is 4.42. The molecule has 3 rings (SSSR count). The van der Waals surface area contributed by atoms with E-state index in [0.717, 1.165) is 5.56 Å². The van der Waals surface area contributed by atoms with Crippen molar-refractivity contribution in [3.63, 3.8) is 0 Å². The van der Waals surface area contributed by atoms with Gasteiger partial charge in [-0.25, -0.2) is 9.67 Å². The number of carbonyl (C=O) groups is 1. The molecule has 0 saturated carbocycles. The standard InChI is InChI=1S/C18H17Cl2N5O/c1-12(14-4-2-3-5-15(14)20)22-9-18(26)24-16-8-13(19)6-7-17(16)25-11-21-10-23-25/h2-8,10-12,22H,9H2,1H3,(H,24,26)/t12-/m1/s1. The highest BCUT2D eigenvalue weighted by atomic mass is 35.5. The van der Waals surface area contributed by atoms with Crippen molar-refractivity contribution in [3.8, 4) is 5.69 Å². The van der Waals surface area contributed by atoms with E-state index in [1.807, 2.05) is 31.2 Å². The zero-order chi connectivity index (χ0) is 18.5. The van der Waals surface area contributed by atoms with E-state index in [2.05, 4.69) is 20.7 Å². The number of hydrogen-bond donors (Lipinski definition) is 2. The molecule has 8 heteroatoms. The molecule has 0 saturated heterocycles. The lowest BCUT2D eigenvalue weighted by molar-refractivity contribution is -0.115. The number of rotatable bonds is 6. The molecule has 1 heterocycles. The molecule has 6 nitrogen and oxygen atoms in total. The molecular formula is C18H17Cl2N5O. The van der Waals surface area contributed by atoms with E-state index in [-0.39, 0.29) is 18.5 Å². The van der Waals surface area contributed by atoms with Crippen LogP contribution in [-0.4, -0.2) is 27.2 Å². The Balaban J connectivity index is 1.67. The minimum Gasteiger partial charge on any atom is -0.323 e. The van der Waals surface area contributed by atoms with Crippen LogP contribution in [0.4, 0.5) is 5.69 Å². The maximum Gasteiger partial charge on any atom is 0.238 e. The van der Waals surface area contributed by atoms with Gasteiger partial charge in [-0.05, 0) is 36.8 Å². The normalized spacial score (nSPS) is 12.0. The predicted molar refractivity (Wildman–Crippen MR) is 103 cm³/mol. The molecule has 134 valence electrons. The van der Waals surface area contributed by atoms with Gasteiger partial charge in [0.25, 0.3) is 0 Å². The number of benzene rings is 2. The first kappa shape index (κ1) is 18.4. The Morgan fingerprint density at radius 1 is 1.23 bits per heavy atom. The van der Waals surface area contributed by atoms with Crippen LogP contribution in [0.1, 0.15) is 18.5 Å². The summed E-state index contributed by atoms with van der Waals surface area (Å²) in [5.74, 6) is -0.201. The van der Waals surface area contributed by atoms with Crippen molar-refractivity contribution < 1.29 is 4.79 Å². The van der Waals surface area contributed by atoms with Crippen LogP contribution in [-0.2, 0) is 4.79 Å². The number of hydrogen-bond acceptors (Lipinski definition) is 4. The van der Waals surface area contributed by atoms with Crippen molar-refractivity contribution in [3.05, 3.63) is 70.7 Å². The minimum atomic E-state index is -0.201. The molecule has 3 aromatic rings. The highest BCUT2D eigenvalue weighted by molar-refractivity contribution is 6.31. The Labute approximate surface area is 161 Å². The smallest absolute Gasteiger partial charge is 0.238 e. The van der Waals surface area contributed by atoms with Crippen LogP contribution < -0.4 is 10.6 Å². The maximum atomic E-state index is 12.4. The minimum absolute atomic E-state index is 0.0661. The highest BCUT2D eigenvalue weighted by Crippen LogP contribution is 2.24. The summed E-state index contributed by atoms with van der Waals surface area (Å²) in [6.07, 6.45) is 2.98. The van der Waals surface area contributed by atoms with Crippen LogP contribution >= 0.6 is 23.2 Å². The second-order valence-electron chi connectivity index (χ2n) is 5.67. The molecule has 0 aliphatic rings. The molecule has 0 aliphatic carbocycles. The molecular weight excluding hydrogens is 373 g/mol. The van der Waals surface area contributed by atoms with E-state index >= 15 is 0 Å². The summed E-state index contributed by atoms with van der Waals surface area (Å²) < 4.78 is 1.56. The lowest BCUT2D eigenvalue weighted by Gasteiger charge is -2.16. The van der Waals surface area contributed by atoms with Gasteiger partial charge in [0.15, 0.2) is 0 Å². The Kier molecular flexibility index (Phi) is 5.88. The fraction of sp³-hybridized carbons (Fsp3) is 0.167.